The van der Waals surface area contributed by atoms with Crippen LogP contribution in [0.4, 0.5) is 0 Å². The summed E-state index contributed by atoms with van der Waals surface area (Å²) < 4.78 is 3.28. The maximum Gasteiger partial charge on any atom is 0.281 e. The number of nitrogens with one attached hydrogen (secondary N) is 1. The number of benzene rings is 1. The van der Waals surface area contributed by atoms with Gasteiger partial charge in [-0.2, -0.15) is 9.78 Å². The molecule has 0 fully saturated rings. The third kappa shape index (κ3) is 2.31. The Kier molecular flexibility index (Phi) is 3.97. The van der Waals surface area contributed by atoms with Crippen LogP contribution in [0, 0.1) is 13.8 Å². The van der Waals surface area contributed by atoms with Gasteiger partial charge in [-0.25, -0.2) is 0 Å². The summed E-state index contributed by atoms with van der Waals surface area (Å²) in [6.07, 6.45) is 1.69. The van der Waals surface area contributed by atoms with E-state index in [2.05, 4.69) is 10.4 Å². The topological polar surface area (TPSA) is 68.9 Å². The van der Waals surface area contributed by atoms with Crippen molar-refractivity contribution in [1.29, 1.82) is 0 Å². The molecule has 1 aromatic carbocycles. The van der Waals surface area contributed by atoms with E-state index in [-0.39, 0.29) is 11.5 Å². The van der Waals surface area contributed by atoms with Crippen LogP contribution in [0.5, 0.6) is 0 Å². The van der Waals surface area contributed by atoms with Gasteiger partial charge in [0.1, 0.15) is 6.04 Å². The first-order chi connectivity index (χ1) is 11.5. The second kappa shape index (κ2) is 5.96. The summed E-state index contributed by atoms with van der Waals surface area (Å²) in [5.41, 5.74) is 2.18. The number of fused-ring (bicyclic) bond motifs is 1. The van der Waals surface area contributed by atoms with Gasteiger partial charge in [0.2, 0.25) is 5.91 Å². The summed E-state index contributed by atoms with van der Waals surface area (Å²) in [4.78, 5) is 25.0. The highest BCUT2D eigenvalue weighted by atomic mass is 16.2. The van der Waals surface area contributed by atoms with Crippen LogP contribution in [0.25, 0.3) is 16.5 Å². The van der Waals surface area contributed by atoms with Crippen molar-refractivity contribution in [2.75, 3.05) is 7.05 Å². The number of rotatable bonds is 3. The van der Waals surface area contributed by atoms with Crippen molar-refractivity contribution in [2.24, 2.45) is 0 Å². The molecule has 0 spiro atoms. The highest BCUT2D eigenvalue weighted by Gasteiger charge is 2.22. The fraction of sp³-hybridized carbons (Fsp3) is 0.278. The summed E-state index contributed by atoms with van der Waals surface area (Å²) >= 11 is 0. The van der Waals surface area contributed by atoms with Gasteiger partial charge in [0.15, 0.2) is 0 Å². The molecule has 0 radical (unpaired) electrons. The molecule has 0 bridgehead atoms. The number of aromatic nitrogens is 3. The van der Waals surface area contributed by atoms with Crippen molar-refractivity contribution in [3.8, 4) is 5.69 Å². The van der Waals surface area contributed by atoms with Crippen molar-refractivity contribution in [1.82, 2.24) is 19.7 Å². The number of amides is 1. The molecule has 0 aliphatic rings. The largest absolute Gasteiger partial charge is 0.357 e. The van der Waals surface area contributed by atoms with Crippen LogP contribution in [0.15, 0.2) is 41.3 Å². The van der Waals surface area contributed by atoms with Crippen LogP contribution in [-0.4, -0.2) is 27.3 Å². The van der Waals surface area contributed by atoms with Gasteiger partial charge in [-0.1, -0.05) is 18.2 Å². The van der Waals surface area contributed by atoms with Gasteiger partial charge in [-0.15, -0.1) is 0 Å². The van der Waals surface area contributed by atoms with Crippen LogP contribution in [-0.2, 0) is 4.79 Å². The number of hydrogen-bond acceptors (Lipinski definition) is 3. The molecule has 1 atom stereocenters. The summed E-state index contributed by atoms with van der Waals surface area (Å²) in [6.45, 7) is 5.59. The maximum atomic E-state index is 13.0. The zero-order valence-corrected chi connectivity index (χ0v) is 14.2. The van der Waals surface area contributed by atoms with Crippen LogP contribution >= 0.6 is 0 Å². The number of carbonyl (C=O) groups excluding carboxylic acids is 1. The predicted molar refractivity (Wildman–Crippen MR) is 93.6 cm³/mol. The van der Waals surface area contributed by atoms with E-state index in [1.54, 1.807) is 13.2 Å². The second-order valence-corrected chi connectivity index (χ2v) is 5.82. The molecule has 24 heavy (non-hydrogen) atoms. The Hall–Kier alpha value is -2.89. The van der Waals surface area contributed by atoms with Gasteiger partial charge in [0.05, 0.1) is 17.3 Å². The third-order valence-electron chi connectivity index (χ3n) is 4.47. The van der Waals surface area contributed by atoms with Gasteiger partial charge in [-0.3, -0.25) is 9.59 Å². The lowest BCUT2D eigenvalue weighted by Crippen LogP contribution is -2.29. The van der Waals surface area contributed by atoms with E-state index >= 15 is 0 Å². The van der Waals surface area contributed by atoms with E-state index < -0.39 is 6.04 Å². The molecule has 6 heteroatoms. The quantitative estimate of drug-likeness (QED) is 0.802. The Labute approximate surface area is 139 Å². The summed E-state index contributed by atoms with van der Waals surface area (Å²) in [7, 11) is 1.61. The summed E-state index contributed by atoms with van der Waals surface area (Å²) in [6, 6.07) is 8.91. The lowest BCUT2D eigenvalue weighted by atomic mass is 10.2. The first kappa shape index (κ1) is 16.0. The van der Waals surface area contributed by atoms with Gasteiger partial charge >= 0.3 is 0 Å². The van der Waals surface area contributed by atoms with Crippen molar-refractivity contribution in [3.05, 3.63) is 58.3 Å². The minimum Gasteiger partial charge on any atom is -0.357 e. The van der Waals surface area contributed by atoms with Gasteiger partial charge < -0.3 is 9.88 Å². The molecule has 6 nitrogen and oxygen atoms in total. The van der Waals surface area contributed by atoms with Crippen LogP contribution in [0.2, 0.25) is 0 Å². The summed E-state index contributed by atoms with van der Waals surface area (Å²) in [5, 5.41) is 8.34. The molecular weight excluding hydrogens is 304 g/mol. The Bertz CT molecular complexity index is 970. The Morgan fingerprint density at radius 3 is 2.46 bits per heavy atom. The van der Waals surface area contributed by atoms with Crippen LogP contribution in [0.3, 0.4) is 0 Å². The zero-order valence-electron chi connectivity index (χ0n) is 14.2. The third-order valence-corrected chi connectivity index (χ3v) is 4.47. The lowest BCUT2D eigenvalue weighted by Gasteiger charge is -2.16. The number of para-hydroxylation sites is 1. The first-order valence-electron chi connectivity index (χ1n) is 7.83. The molecule has 0 aliphatic carbocycles. The van der Waals surface area contributed by atoms with Crippen molar-refractivity contribution in [3.63, 3.8) is 0 Å². The minimum atomic E-state index is -0.396. The molecule has 0 saturated heterocycles. The Morgan fingerprint density at radius 2 is 1.83 bits per heavy atom. The molecule has 124 valence electrons. The minimum absolute atomic E-state index is 0.0992. The predicted octanol–water partition coefficient (Wildman–Crippen LogP) is 2.11. The maximum absolute atomic E-state index is 13.0. The Morgan fingerprint density at radius 1 is 1.17 bits per heavy atom. The van der Waals surface area contributed by atoms with E-state index in [1.165, 1.54) is 4.68 Å². The van der Waals surface area contributed by atoms with Crippen molar-refractivity contribution >= 4 is 16.7 Å². The van der Waals surface area contributed by atoms with E-state index in [4.69, 9.17) is 0 Å². The molecule has 3 rings (SSSR count). The smallest absolute Gasteiger partial charge is 0.281 e. The van der Waals surface area contributed by atoms with Gasteiger partial charge in [0.25, 0.3) is 5.56 Å². The number of hydrogen-bond donors (Lipinski definition) is 1. The molecule has 2 aromatic heterocycles. The standard InChI is InChI=1S/C18H20N4O2/c1-11-15-10-20-22(14-8-6-5-7-9-14)18(24)16(15)12(2)21(11)13(3)17(23)19-4/h5-10,13H,1-4H3,(H,19,23)/t13-/m1/s1. The van der Waals surface area contributed by atoms with Crippen LogP contribution in [0.1, 0.15) is 24.4 Å². The van der Waals surface area contributed by atoms with Gasteiger partial charge in [0, 0.05) is 23.8 Å². The Balaban J connectivity index is 2.29. The van der Waals surface area contributed by atoms with E-state index in [0.29, 0.717) is 11.1 Å². The average molecular weight is 324 g/mol. The molecule has 0 aliphatic heterocycles. The monoisotopic (exact) mass is 324 g/mol. The van der Waals surface area contributed by atoms with Crippen molar-refractivity contribution < 1.29 is 4.79 Å². The molecule has 0 unspecified atom stereocenters. The SMILES string of the molecule is CNC(=O)[C@@H](C)n1c(C)c2cnn(-c3ccccc3)c(=O)c2c1C. The normalized spacial score (nSPS) is 12.3. The average Bonchev–Trinajstić information content (AvgIpc) is 2.86. The van der Waals surface area contributed by atoms with E-state index in [0.717, 1.165) is 16.8 Å². The lowest BCUT2D eigenvalue weighted by molar-refractivity contribution is -0.123. The number of carbonyl (C=O) groups is 1. The van der Waals surface area contributed by atoms with E-state index in [9.17, 15) is 9.59 Å². The number of aryl methyl sites for hydroxylation is 2. The number of nitrogens with zero attached hydrogens (tertiary/aromatic N) is 3. The molecule has 0 saturated carbocycles. The molecule has 1 N–H and O–H groups in total. The molecule has 1 amide bonds. The molecule has 3 aromatic rings. The number of likely N-dealkylation sites (N-methyl/N-ethyl adjacent to an activating group) is 1. The second-order valence-electron chi connectivity index (χ2n) is 5.82. The van der Waals surface area contributed by atoms with Crippen LogP contribution < -0.4 is 10.9 Å². The highest BCUT2D eigenvalue weighted by molar-refractivity contribution is 5.89. The fourth-order valence-corrected chi connectivity index (χ4v) is 3.24. The fourth-order valence-electron chi connectivity index (χ4n) is 3.24. The highest BCUT2D eigenvalue weighted by Crippen LogP contribution is 2.26. The van der Waals surface area contributed by atoms with E-state index in [1.807, 2.05) is 55.7 Å². The van der Waals surface area contributed by atoms with Gasteiger partial charge in [-0.05, 0) is 32.9 Å². The zero-order chi connectivity index (χ0) is 17.4. The summed E-state index contributed by atoms with van der Waals surface area (Å²) in [5.74, 6) is -0.0992. The molecular formula is C18H20N4O2. The molecule has 2 heterocycles. The van der Waals surface area contributed by atoms with Crippen molar-refractivity contribution in [2.45, 2.75) is 26.8 Å². The first-order valence-corrected chi connectivity index (χ1v) is 7.83.